The highest BCUT2D eigenvalue weighted by molar-refractivity contribution is 5.59. The molecule has 0 aromatic heterocycles. The summed E-state index contributed by atoms with van der Waals surface area (Å²) >= 11 is 0. The summed E-state index contributed by atoms with van der Waals surface area (Å²) in [5, 5.41) is 0. The second kappa shape index (κ2) is 4.56. The Morgan fingerprint density at radius 2 is 2.11 bits per heavy atom. The third-order valence-electron chi connectivity index (χ3n) is 4.18. The van der Waals surface area contributed by atoms with Crippen LogP contribution in [0.2, 0.25) is 0 Å². The van der Waals surface area contributed by atoms with E-state index < -0.39 is 5.82 Å². The molecule has 104 valence electrons. The van der Waals surface area contributed by atoms with Gasteiger partial charge in [0, 0.05) is 18.0 Å². The van der Waals surface area contributed by atoms with Gasteiger partial charge in [0.05, 0.1) is 12.7 Å². The zero-order valence-corrected chi connectivity index (χ0v) is 11.0. The Bertz CT molecular complexity index is 494. The summed E-state index contributed by atoms with van der Waals surface area (Å²) in [5.41, 5.74) is 6.44. The predicted molar refractivity (Wildman–Crippen MR) is 68.5 cm³/mol. The number of benzene rings is 1. The molecule has 0 saturated heterocycles. The summed E-state index contributed by atoms with van der Waals surface area (Å²) in [7, 11) is 1.47. The van der Waals surface area contributed by atoms with Crippen molar-refractivity contribution in [3.63, 3.8) is 0 Å². The Hall–Kier alpha value is -1.49. The maximum absolute atomic E-state index is 14.2. The SMILES string of the molecule is COc1c(F)cc2c(c1C1(CN)CCC1)OCCO2. The van der Waals surface area contributed by atoms with E-state index in [0.717, 1.165) is 24.8 Å². The summed E-state index contributed by atoms with van der Waals surface area (Å²) in [4.78, 5) is 0. The van der Waals surface area contributed by atoms with Crippen LogP contribution in [0.4, 0.5) is 4.39 Å². The fraction of sp³-hybridized carbons (Fsp3) is 0.571. The third-order valence-corrected chi connectivity index (χ3v) is 4.18. The monoisotopic (exact) mass is 267 g/mol. The summed E-state index contributed by atoms with van der Waals surface area (Å²) in [6.45, 7) is 1.37. The summed E-state index contributed by atoms with van der Waals surface area (Å²) < 4.78 is 30.6. The van der Waals surface area contributed by atoms with Gasteiger partial charge in [-0.25, -0.2) is 4.39 Å². The van der Waals surface area contributed by atoms with Gasteiger partial charge in [0.15, 0.2) is 23.1 Å². The average Bonchev–Trinajstić information content (AvgIpc) is 2.38. The van der Waals surface area contributed by atoms with Crippen molar-refractivity contribution in [1.29, 1.82) is 0 Å². The van der Waals surface area contributed by atoms with Crippen molar-refractivity contribution >= 4 is 0 Å². The summed E-state index contributed by atoms with van der Waals surface area (Å²) in [5.74, 6) is 0.893. The van der Waals surface area contributed by atoms with Crippen LogP contribution in [0.25, 0.3) is 0 Å². The first-order valence-corrected chi connectivity index (χ1v) is 6.58. The maximum atomic E-state index is 14.2. The number of rotatable bonds is 3. The Morgan fingerprint density at radius 3 is 2.68 bits per heavy atom. The largest absolute Gasteiger partial charge is 0.493 e. The van der Waals surface area contributed by atoms with Crippen LogP contribution < -0.4 is 19.9 Å². The molecule has 4 nitrogen and oxygen atoms in total. The zero-order chi connectivity index (χ0) is 13.5. The fourth-order valence-electron chi connectivity index (χ4n) is 2.98. The molecule has 0 atom stereocenters. The molecule has 1 fully saturated rings. The van der Waals surface area contributed by atoms with E-state index in [9.17, 15) is 4.39 Å². The lowest BCUT2D eigenvalue weighted by Gasteiger charge is -2.43. The number of hydrogen-bond acceptors (Lipinski definition) is 4. The molecule has 2 N–H and O–H groups in total. The number of fused-ring (bicyclic) bond motifs is 1. The highest BCUT2D eigenvalue weighted by Crippen LogP contribution is 2.54. The minimum Gasteiger partial charge on any atom is -0.493 e. The van der Waals surface area contributed by atoms with Crippen LogP contribution in [0.3, 0.4) is 0 Å². The van der Waals surface area contributed by atoms with E-state index in [-0.39, 0.29) is 11.2 Å². The van der Waals surface area contributed by atoms with Gasteiger partial charge in [-0.2, -0.15) is 0 Å². The van der Waals surface area contributed by atoms with Gasteiger partial charge in [0.2, 0.25) is 0 Å². The number of nitrogens with two attached hydrogens (primary N) is 1. The van der Waals surface area contributed by atoms with Gasteiger partial charge in [-0.05, 0) is 12.8 Å². The quantitative estimate of drug-likeness (QED) is 0.910. The molecule has 5 heteroatoms. The van der Waals surface area contributed by atoms with Crippen LogP contribution in [0.5, 0.6) is 17.2 Å². The molecule has 1 saturated carbocycles. The van der Waals surface area contributed by atoms with Gasteiger partial charge in [-0.3, -0.25) is 0 Å². The molecular weight excluding hydrogens is 249 g/mol. The molecule has 1 aromatic carbocycles. The van der Waals surface area contributed by atoms with Crippen LogP contribution >= 0.6 is 0 Å². The maximum Gasteiger partial charge on any atom is 0.169 e. The molecule has 0 radical (unpaired) electrons. The minimum absolute atomic E-state index is 0.238. The smallest absolute Gasteiger partial charge is 0.169 e. The molecule has 19 heavy (non-hydrogen) atoms. The topological polar surface area (TPSA) is 53.7 Å². The van der Waals surface area contributed by atoms with Crippen LogP contribution in [0, 0.1) is 5.82 Å². The highest BCUT2D eigenvalue weighted by Gasteiger charge is 2.44. The first-order valence-electron chi connectivity index (χ1n) is 6.58. The van der Waals surface area contributed by atoms with Gasteiger partial charge in [0.1, 0.15) is 13.2 Å². The average molecular weight is 267 g/mol. The minimum atomic E-state index is -0.415. The van der Waals surface area contributed by atoms with E-state index >= 15 is 0 Å². The van der Waals surface area contributed by atoms with Crippen LogP contribution in [0.15, 0.2) is 6.07 Å². The summed E-state index contributed by atoms with van der Waals surface area (Å²) in [6.07, 6.45) is 2.95. The standard InChI is InChI=1S/C14H18FNO3/c1-17-12-9(15)7-10-13(19-6-5-18-10)11(12)14(8-16)3-2-4-14/h7H,2-6,8,16H2,1H3. The van der Waals surface area contributed by atoms with Crippen molar-refractivity contribution in [1.82, 2.24) is 0 Å². The second-order valence-corrected chi connectivity index (χ2v) is 5.13. The number of ether oxygens (including phenoxy) is 3. The Balaban J connectivity index is 2.22. The molecule has 1 aliphatic heterocycles. The number of halogens is 1. The normalized spacial score (nSPS) is 19.7. The van der Waals surface area contributed by atoms with Crippen molar-refractivity contribution in [2.45, 2.75) is 24.7 Å². The molecule has 2 aliphatic rings. The molecule has 3 rings (SSSR count). The van der Waals surface area contributed by atoms with E-state index in [1.807, 2.05) is 0 Å². The van der Waals surface area contributed by atoms with Crippen molar-refractivity contribution in [3.05, 3.63) is 17.4 Å². The first-order chi connectivity index (χ1) is 9.22. The fourth-order valence-corrected chi connectivity index (χ4v) is 2.98. The molecule has 1 aliphatic carbocycles. The Labute approximate surface area is 111 Å². The highest BCUT2D eigenvalue weighted by atomic mass is 19.1. The third kappa shape index (κ3) is 1.75. The van der Waals surface area contributed by atoms with Crippen molar-refractivity contribution in [2.24, 2.45) is 5.73 Å². The molecule has 0 spiro atoms. The van der Waals surface area contributed by atoms with E-state index in [0.29, 0.717) is 31.3 Å². The van der Waals surface area contributed by atoms with Gasteiger partial charge >= 0.3 is 0 Å². The predicted octanol–water partition coefficient (Wildman–Crippen LogP) is 1.99. The molecule has 0 amide bonds. The Morgan fingerprint density at radius 1 is 1.37 bits per heavy atom. The second-order valence-electron chi connectivity index (χ2n) is 5.13. The van der Waals surface area contributed by atoms with Crippen LogP contribution in [-0.4, -0.2) is 26.9 Å². The van der Waals surface area contributed by atoms with E-state index in [4.69, 9.17) is 19.9 Å². The number of methoxy groups -OCH3 is 1. The van der Waals surface area contributed by atoms with Gasteiger partial charge < -0.3 is 19.9 Å². The molecule has 1 heterocycles. The van der Waals surface area contributed by atoms with Gasteiger partial charge in [-0.1, -0.05) is 6.42 Å². The van der Waals surface area contributed by atoms with Crippen LogP contribution in [-0.2, 0) is 5.41 Å². The van der Waals surface area contributed by atoms with E-state index in [2.05, 4.69) is 0 Å². The molecule has 0 bridgehead atoms. The molecule has 1 aromatic rings. The van der Waals surface area contributed by atoms with Gasteiger partial charge in [-0.15, -0.1) is 0 Å². The Kier molecular flexibility index (Phi) is 3.01. The van der Waals surface area contributed by atoms with Crippen molar-refractivity contribution in [2.75, 3.05) is 26.9 Å². The number of hydrogen-bond donors (Lipinski definition) is 1. The first kappa shape index (κ1) is 12.5. The van der Waals surface area contributed by atoms with Crippen LogP contribution in [0.1, 0.15) is 24.8 Å². The zero-order valence-electron chi connectivity index (χ0n) is 11.0. The lowest BCUT2D eigenvalue weighted by atomic mass is 9.64. The summed E-state index contributed by atoms with van der Waals surface area (Å²) in [6, 6.07) is 1.33. The molecule has 0 unspecified atom stereocenters. The van der Waals surface area contributed by atoms with E-state index in [1.54, 1.807) is 0 Å². The van der Waals surface area contributed by atoms with Crippen molar-refractivity contribution in [3.8, 4) is 17.2 Å². The molecular formula is C14H18FNO3. The van der Waals surface area contributed by atoms with E-state index in [1.165, 1.54) is 13.2 Å². The lowest BCUT2D eigenvalue weighted by molar-refractivity contribution is 0.155. The van der Waals surface area contributed by atoms with Gasteiger partial charge in [0.25, 0.3) is 0 Å². The van der Waals surface area contributed by atoms with Crippen molar-refractivity contribution < 1.29 is 18.6 Å². The lowest BCUT2D eigenvalue weighted by Crippen LogP contribution is -2.42.